The van der Waals surface area contributed by atoms with Gasteiger partial charge < -0.3 is 10.1 Å². The number of benzene rings is 1. The molecule has 0 heterocycles. The molecule has 0 amide bonds. The molecule has 0 fully saturated rings. The van der Waals surface area contributed by atoms with Gasteiger partial charge in [-0.05, 0) is 38.6 Å². The largest absolute Gasteiger partial charge is 0.377 e. The van der Waals surface area contributed by atoms with E-state index in [-0.39, 0.29) is 16.5 Å². The van der Waals surface area contributed by atoms with Crippen molar-refractivity contribution >= 4 is 21.6 Å². The van der Waals surface area contributed by atoms with Gasteiger partial charge in [-0.15, -0.1) is 0 Å². The lowest BCUT2D eigenvalue weighted by molar-refractivity contribution is 0.0276. The van der Waals surface area contributed by atoms with Crippen molar-refractivity contribution in [1.29, 1.82) is 0 Å². The summed E-state index contributed by atoms with van der Waals surface area (Å²) in [5, 5.41) is 3.17. The van der Waals surface area contributed by atoms with Crippen LogP contribution in [0.3, 0.4) is 0 Å². The Kier molecular flexibility index (Phi) is 5.97. The van der Waals surface area contributed by atoms with Crippen LogP contribution >= 0.6 is 11.6 Å². The summed E-state index contributed by atoms with van der Waals surface area (Å²) in [6.45, 7) is 4.34. The molecule has 114 valence electrons. The molecule has 20 heavy (non-hydrogen) atoms. The number of ether oxygens (including phenoxy) is 1. The van der Waals surface area contributed by atoms with Gasteiger partial charge in [-0.3, -0.25) is 0 Å². The molecule has 0 aliphatic heterocycles. The minimum atomic E-state index is -3.66. The number of methoxy groups -OCH3 is 1. The Hall–Kier alpha value is -0.660. The topological polar surface area (TPSA) is 67.4 Å². The van der Waals surface area contributed by atoms with Crippen LogP contribution < -0.4 is 10.0 Å². The Morgan fingerprint density at radius 2 is 2.00 bits per heavy atom. The maximum absolute atomic E-state index is 12.3. The van der Waals surface area contributed by atoms with Gasteiger partial charge in [-0.25, -0.2) is 13.1 Å². The van der Waals surface area contributed by atoms with Crippen molar-refractivity contribution in [3.05, 3.63) is 28.8 Å². The summed E-state index contributed by atoms with van der Waals surface area (Å²) < 4.78 is 32.3. The van der Waals surface area contributed by atoms with Crippen molar-refractivity contribution in [2.75, 3.05) is 20.7 Å². The number of sulfonamides is 1. The Bertz CT molecular complexity index is 559. The van der Waals surface area contributed by atoms with Gasteiger partial charge in [0.15, 0.2) is 0 Å². The predicted octanol–water partition coefficient (Wildman–Crippen LogP) is 1.76. The van der Waals surface area contributed by atoms with E-state index in [0.717, 1.165) is 5.56 Å². The molecule has 0 bridgehead atoms. The Morgan fingerprint density at radius 3 is 2.55 bits per heavy atom. The zero-order valence-electron chi connectivity index (χ0n) is 12.2. The third-order valence-electron chi connectivity index (χ3n) is 2.91. The molecular formula is C13H21ClN2O3S. The maximum atomic E-state index is 12.3. The maximum Gasteiger partial charge on any atom is 0.242 e. The highest BCUT2D eigenvalue weighted by molar-refractivity contribution is 7.89. The van der Waals surface area contributed by atoms with E-state index in [2.05, 4.69) is 10.0 Å². The fraction of sp³-hybridized carbons (Fsp3) is 0.538. The fourth-order valence-electron chi connectivity index (χ4n) is 1.49. The number of halogens is 1. The Labute approximate surface area is 125 Å². The van der Waals surface area contributed by atoms with E-state index in [0.29, 0.717) is 6.54 Å². The summed E-state index contributed by atoms with van der Waals surface area (Å²) in [6.07, 6.45) is 0. The van der Waals surface area contributed by atoms with Crippen LogP contribution in [0, 0.1) is 0 Å². The van der Waals surface area contributed by atoms with Crippen molar-refractivity contribution in [3.8, 4) is 0 Å². The average Bonchev–Trinajstić information content (AvgIpc) is 2.39. The molecule has 0 unspecified atom stereocenters. The molecule has 0 aliphatic rings. The quantitative estimate of drug-likeness (QED) is 0.803. The summed E-state index contributed by atoms with van der Waals surface area (Å²) in [5.74, 6) is 0. The monoisotopic (exact) mass is 320 g/mol. The van der Waals surface area contributed by atoms with Crippen LogP contribution in [0.2, 0.25) is 5.02 Å². The highest BCUT2D eigenvalue weighted by Crippen LogP contribution is 2.23. The summed E-state index contributed by atoms with van der Waals surface area (Å²) in [7, 11) is -0.334. The Balaban J connectivity index is 3.00. The molecule has 0 atom stereocenters. The van der Waals surface area contributed by atoms with Crippen molar-refractivity contribution < 1.29 is 13.2 Å². The van der Waals surface area contributed by atoms with Crippen LogP contribution in [-0.2, 0) is 21.3 Å². The zero-order chi connectivity index (χ0) is 15.4. The van der Waals surface area contributed by atoms with Crippen LogP contribution in [0.4, 0.5) is 0 Å². The summed E-state index contributed by atoms with van der Waals surface area (Å²) in [5.41, 5.74) is 0.269. The lowest BCUT2D eigenvalue weighted by Crippen LogP contribution is -2.39. The molecule has 1 aromatic carbocycles. The lowest BCUT2D eigenvalue weighted by Gasteiger charge is -2.23. The van der Waals surface area contributed by atoms with Crippen LogP contribution in [0.5, 0.6) is 0 Å². The second kappa shape index (κ2) is 6.87. The van der Waals surface area contributed by atoms with Gasteiger partial charge in [0.1, 0.15) is 4.90 Å². The van der Waals surface area contributed by atoms with E-state index in [1.165, 1.54) is 7.11 Å². The molecule has 2 N–H and O–H groups in total. The van der Waals surface area contributed by atoms with E-state index in [4.69, 9.17) is 16.3 Å². The van der Waals surface area contributed by atoms with Crippen LogP contribution in [0.15, 0.2) is 23.1 Å². The molecule has 0 spiro atoms. The molecule has 0 aliphatic carbocycles. The second-order valence-corrected chi connectivity index (χ2v) is 7.23. The first-order valence-electron chi connectivity index (χ1n) is 6.20. The van der Waals surface area contributed by atoms with Gasteiger partial charge in [0.25, 0.3) is 0 Å². The first kappa shape index (κ1) is 17.4. The first-order chi connectivity index (χ1) is 9.22. The minimum Gasteiger partial charge on any atom is -0.377 e. The van der Waals surface area contributed by atoms with Gasteiger partial charge in [0.05, 0.1) is 10.6 Å². The lowest BCUT2D eigenvalue weighted by atomic mass is 10.1. The molecule has 1 rings (SSSR count). The highest BCUT2D eigenvalue weighted by atomic mass is 35.5. The highest BCUT2D eigenvalue weighted by Gasteiger charge is 2.23. The second-order valence-electron chi connectivity index (χ2n) is 5.08. The van der Waals surface area contributed by atoms with Gasteiger partial charge in [-0.2, -0.15) is 0 Å². The SMILES string of the molecule is CNCc1ccc(Cl)c(S(=O)(=O)NCC(C)(C)OC)c1. The Morgan fingerprint density at radius 1 is 1.35 bits per heavy atom. The third kappa shape index (κ3) is 4.71. The molecule has 0 aromatic heterocycles. The summed E-state index contributed by atoms with van der Waals surface area (Å²) in [4.78, 5) is 0.0822. The number of hydrogen-bond donors (Lipinski definition) is 2. The van der Waals surface area contributed by atoms with E-state index in [1.807, 2.05) is 0 Å². The van der Waals surface area contributed by atoms with E-state index in [9.17, 15) is 8.42 Å². The number of nitrogens with one attached hydrogen (secondary N) is 2. The van der Waals surface area contributed by atoms with Crippen LogP contribution in [-0.4, -0.2) is 34.7 Å². The molecule has 0 saturated carbocycles. The van der Waals surface area contributed by atoms with Crippen molar-refractivity contribution in [1.82, 2.24) is 10.0 Å². The summed E-state index contributed by atoms with van der Waals surface area (Å²) >= 11 is 5.99. The zero-order valence-corrected chi connectivity index (χ0v) is 13.7. The molecule has 0 radical (unpaired) electrons. The van der Waals surface area contributed by atoms with Gasteiger partial charge in [-0.1, -0.05) is 17.7 Å². The minimum absolute atomic E-state index is 0.0822. The number of rotatable bonds is 7. The van der Waals surface area contributed by atoms with Crippen LogP contribution in [0.1, 0.15) is 19.4 Å². The first-order valence-corrected chi connectivity index (χ1v) is 8.06. The van der Waals surface area contributed by atoms with Crippen molar-refractivity contribution in [3.63, 3.8) is 0 Å². The third-order valence-corrected chi connectivity index (χ3v) is 4.79. The van der Waals surface area contributed by atoms with E-state index in [1.54, 1.807) is 39.1 Å². The van der Waals surface area contributed by atoms with Gasteiger partial charge in [0, 0.05) is 20.2 Å². The molecule has 1 aromatic rings. The van der Waals surface area contributed by atoms with Crippen molar-refractivity contribution in [2.45, 2.75) is 30.9 Å². The van der Waals surface area contributed by atoms with E-state index >= 15 is 0 Å². The average molecular weight is 321 g/mol. The molecular weight excluding hydrogens is 300 g/mol. The van der Waals surface area contributed by atoms with Crippen LogP contribution in [0.25, 0.3) is 0 Å². The standard InChI is InChI=1S/C13H21ClN2O3S/c1-13(2,19-4)9-16-20(17,18)12-7-10(8-15-3)5-6-11(12)14/h5-7,15-16H,8-9H2,1-4H3. The van der Waals surface area contributed by atoms with Gasteiger partial charge in [0.2, 0.25) is 10.0 Å². The summed E-state index contributed by atoms with van der Waals surface area (Å²) in [6, 6.07) is 4.95. The predicted molar refractivity (Wildman–Crippen MR) is 80.5 cm³/mol. The number of hydrogen-bond acceptors (Lipinski definition) is 4. The van der Waals surface area contributed by atoms with Crippen molar-refractivity contribution in [2.24, 2.45) is 0 Å². The molecule has 0 saturated heterocycles. The fourth-order valence-corrected chi connectivity index (χ4v) is 3.23. The smallest absolute Gasteiger partial charge is 0.242 e. The molecule has 5 nitrogen and oxygen atoms in total. The van der Waals surface area contributed by atoms with E-state index < -0.39 is 15.6 Å². The van der Waals surface area contributed by atoms with Gasteiger partial charge >= 0.3 is 0 Å². The normalized spacial score (nSPS) is 12.7. The molecule has 7 heteroatoms.